The van der Waals surface area contributed by atoms with Crippen molar-refractivity contribution in [3.63, 3.8) is 0 Å². The lowest BCUT2D eigenvalue weighted by Crippen LogP contribution is -2.57. The molecule has 1 aliphatic heterocycles. The first-order chi connectivity index (χ1) is 13.9. The molecule has 30 heavy (non-hydrogen) atoms. The summed E-state index contributed by atoms with van der Waals surface area (Å²) in [5.74, 6) is -0.531. The maximum Gasteiger partial charge on any atom is 0.416 e. The zero-order chi connectivity index (χ0) is 22.3. The fraction of sp³-hybridized carbons (Fsp3) is 0.333. The molecule has 1 N–H and O–H groups in total. The molecular formula is C21H21F3N2O3S. The van der Waals surface area contributed by atoms with Gasteiger partial charge < -0.3 is 10.1 Å². The second-order valence-corrected chi connectivity index (χ2v) is 8.73. The van der Waals surface area contributed by atoms with E-state index in [-0.39, 0.29) is 18.3 Å². The SMILES string of the molecule is CC1=C(c2ccc(C)s2)C(=O)N(C(C)(C)C(=O)Nc2cccc(C(F)(F)F)c2)CO1. The summed E-state index contributed by atoms with van der Waals surface area (Å²) in [4.78, 5) is 29.1. The van der Waals surface area contributed by atoms with Crippen molar-refractivity contribution in [3.05, 3.63) is 57.5 Å². The average Bonchev–Trinajstić information content (AvgIpc) is 3.07. The van der Waals surface area contributed by atoms with Gasteiger partial charge in [0, 0.05) is 15.4 Å². The molecular weight excluding hydrogens is 417 g/mol. The van der Waals surface area contributed by atoms with Crippen molar-refractivity contribution in [3.8, 4) is 0 Å². The quantitative estimate of drug-likeness (QED) is 0.728. The lowest BCUT2D eigenvalue weighted by atomic mass is 9.98. The van der Waals surface area contributed by atoms with Gasteiger partial charge in [-0.25, -0.2) is 0 Å². The topological polar surface area (TPSA) is 58.6 Å². The van der Waals surface area contributed by atoms with E-state index in [2.05, 4.69) is 5.32 Å². The van der Waals surface area contributed by atoms with E-state index >= 15 is 0 Å². The van der Waals surface area contributed by atoms with E-state index in [1.54, 1.807) is 6.92 Å². The van der Waals surface area contributed by atoms with Crippen LogP contribution in [0.4, 0.5) is 18.9 Å². The molecule has 0 bridgehead atoms. The minimum atomic E-state index is -4.52. The Labute approximate surface area is 176 Å². The van der Waals surface area contributed by atoms with Crippen molar-refractivity contribution in [2.75, 3.05) is 12.0 Å². The van der Waals surface area contributed by atoms with Gasteiger partial charge in [0.25, 0.3) is 5.91 Å². The molecule has 1 aliphatic rings. The van der Waals surface area contributed by atoms with Gasteiger partial charge >= 0.3 is 6.18 Å². The van der Waals surface area contributed by atoms with Crippen LogP contribution in [0.1, 0.15) is 36.1 Å². The van der Waals surface area contributed by atoms with E-state index in [4.69, 9.17) is 4.74 Å². The summed E-state index contributed by atoms with van der Waals surface area (Å²) in [6, 6.07) is 8.06. The predicted molar refractivity (Wildman–Crippen MR) is 109 cm³/mol. The zero-order valence-corrected chi connectivity index (χ0v) is 17.7. The van der Waals surface area contributed by atoms with Crippen LogP contribution in [0, 0.1) is 6.92 Å². The van der Waals surface area contributed by atoms with Crippen molar-refractivity contribution < 1.29 is 27.5 Å². The number of nitrogens with zero attached hydrogens (tertiary/aromatic N) is 1. The van der Waals surface area contributed by atoms with Crippen LogP contribution < -0.4 is 5.32 Å². The maximum absolute atomic E-state index is 13.2. The number of amides is 2. The highest BCUT2D eigenvalue weighted by atomic mass is 32.1. The number of aryl methyl sites for hydroxylation is 1. The minimum Gasteiger partial charge on any atom is -0.477 e. The number of hydrogen-bond acceptors (Lipinski definition) is 4. The van der Waals surface area contributed by atoms with Crippen molar-refractivity contribution >= 4 is 34.4 Å². The number of carbonyl (C=O) groups excluding carboxylic acids is 2. The third-order valence-corrected chi connectivity index (χ3v) is 5.90. The third kappa shape index (κ3) is 4.21. The molecule has 5 nitrogen and oxygen atoms in total. The first-order valence-electron chi connectivity index (χ1n) is 9.12. The Morgan fingerprint density at radius 1 is 1.17 bits per heavy atom. The molecule has 0 spiro atoms. The molecule has 0 aliphatic carbocycles. The van der Waals surface area contributed by atoms with Gasteiger partial charge in [-0.15, -0.1) is 11.3 Å². The van der Waals surface area contributed by atoms with Gasteiger partial charge in [0.15, 0.2) is 6.73 Å². The first kappa shape index (κ1) is 21.9. The van der Waals surface area contributed by atoms with E-state index in [0.29, 0.717) is 11.3 Å². The average molecular weight is 438 g/mol. The second-order valence-electron chi connectivity index (χ2n) is 7.44. The van der Waals surface area contributed by atoms with Crippen molar-refractivity contribution in [2.24, 2.45) is 0 Å². The van der Waals surface area contributed by atoms with E-state index in [0.717, 1.165) is 21.9 Å². The molecule has 0 radical (unpaired) electrons. The summed E-state index contributed by atoms with van der Waals surface area (Å²) in [5.41, 5.74) is -1.87. The largest absolute Gasteiger partial charge is 0.477 e. The highest BCUT2D eigenvalue weighted by Crippen LogP contribution is 2.35. The third-order valence-electron chi connectivity index (χ3n) is 4.89. The van der Waals surface area contributed by atoms with Crippen LogP contribution in [-0.4, -0.2) is 29.0 Å². The number of carbonyl (C=O) groups is 2. The second kappa shape index (κ2) is 7.79. The molecule has 1 aromatic carbocycles. The summed E-state index contributed by atoms with van der Waals surface area (Å²) in [6.07, 6.45) is -4.52. The normalized spacial score (nSPS) is 15.3. The Hall–Kier alpha value is -2.81. The number of benzene rings is 1. The molecule has 0 saturated carbocycles. The molecule has 160 valence electrons. The highest BCUT2D eigenvalue weighted by Gasteiger charge is 2.42. The number of rotatable bonds is 4. The van der Waals surface area contributed by atoms with E-state index in [1.165, 1.54) is 42.2 Å². The smallest absolute Gasteiger partial charge is 0.416 e. The summed E-state index contributed by atoms with van der Waals surface area (Å²) >= 11 is 1.44. The van der Waals surface area contributed by atoms with Gasteiger partial charge in [-0.1, -0.05) is 6.07 Å². The number of ether oxygens (including phenoxy) is 1. The summed E-state index contributed by atoms with van der Waals surface area (Å²) in [6.45, 7) is 6.52. The molecule has 3 rings (SSSR count). The molecule has 9 heteroatoms. The highest BCUT2D eigenvalue weighted by molar-refractivity contribution is 7.13. The molecule has 2 aromatic rings. The Balaban J connectivity index is 1.84. The molecule has 0 unspecified atom stereocenters. The van der Waals surface area contributed by atoms with Gasteiger partial charge in [-0.05, 0) is 58.0 Å². The van der Waals surface area contributed by atoms with Crippen LogP contribution in [0.25, 0.3) is 5.57 Å². The lowest BCUT2D eigenvalue weighted by molar-refractivity contribution is -0.147. The molecule has 0 saturated heterocycles. The predicted octanol–water partition coefficient (Wildman–Crippen LogP) is 5.04. The van der Waals surface area contributed by atoms with Crippen LogP contribution >= 0.6 is 11.3 Å². The summed E-state index contributed by atoms with van der Waals surface area (Å²) in [7, 11) is 0. The summed E-state index contributed by atoms with van der Waals surface area (Å²) < 4.78 is 44.5. The molecule has 1 aromatic heterocycles. The minimum absolute atomic E-state index is 0.00546. The Morgan fingerprint density at radius 2 is 1.87 bits per heavy atom. The monoisotopic (exact) mass is 438 g/mol. The Morgan fingerprint density at radius 3 is 2.47 bits per heavy atom. The fourth-order valence-electron chi connectivity index (χ4n) is 3.02. The number of anilines is 1. The van der Waals surface area contributed by atoms with E-state index in [9.17, 15) is 22.8 Å². The van der Waals surface area contributed by atoms with E-state index in [1.807, 2.05) is 19.1 Å². The van der Waals surface area contributed by atoms with Crippen LogP contribution in [-0.2, 0) is 20.5 Å². The van der Waals surface area contributed by atoms with E-state index < -0.39 is 23.2 Å². The van der Waals surface area contributed by atoms with Crippen LogP contribution in [0.3, 0.4) is 0 Å². The van der Waals surface area contributed by atoms with Gasteiger partial charge in [0.2, 0.25) is 5.91 Å². The number of thiophene rings is 1. The van der Waals surface area contributed by atoms with Crippen molar-refractivity contribution in [1.29, 1.82) is 0 Å². The van der Waals surface area contributed by atoms with Crippen LogP contribution in [0.15, 0.2) is 42.2 Å². The number of alkyl halides is 3. The molecule has 0 fully saturated rings. The number of allylic oxidation sites excluding steroid dienone is 1. The summed E-state index contributed by atoms with van der Waals surface area (Å²) in [5, 5.41) is 2.48. The van der Waals surface area contributed by atoms with Crippen LogP contribution in [0.2, 0.25) is 0 Å². The molecule has 0 atom stereocenters. The maximum atomic E-state index is 13.2. The van der Waals surface area contributed by atoms with Crippen LogP contribution in [0.5, 0.6) is 0 Å². The van der Waals surface area contributed by atoms with Gasteiger partial charge in [-0.2, -0.15) is 13.2 Å². The first-order valence-corrected chi connectivity index (χ1v) is 9.94. The van der Waals surface area contributed by atoms with Crippen molar-refractivity contribution in [1.82, 2.24) is 4.90 Å². The van der Waals surface area contributed by atoms with Gasteiger partial charge in [0.05, 0.1) is 11.1 Å². The molecule has 2 heterocycles. The van der Waals surface area contributed by atoms with Crippen molar-refractivity contribution in [2.45, 2.75) is 39.4 Å². The number of halogens is 3. The van der Waals surface area contributed by atoms with Gasteiger partial charge in [0.1, 0.15) is 11.3 Å². The standard InChI is InChI=1S/C21H21F3N2O3S/c1-12-8-9-16(30-12)17-13(2)29-11-26(18(17)27)20(3,4)19(28)25-15-7-5-6-14(10-15)21(22,23)24/h5-10H,11H2,1-4H3,(H,25,28). The molecule has 2 amide bonds. The lowest BCUT2D eigenvalue weighted by Gasteiger charge is -2.40. The Kier molecular flexibility index (Phi) is 5.68. The zero-order valence-electron chi connectivity index (χ0n) is 16.9. The Bertz CT molecular complexity index is 1020. The van der Waals surface area contributed by atoms with Gasteiger partial charge in [-0.3, -0.25) is 14.5 Å². The number of nitrogens with one attached hydrogen (secondary N) is 1. The fourth-order valence-corrected chi connectivity index (χ4v) is 3.97. The number of hydrogen-bond donors (Lipinski definition) is 1.